The summed E-state index contributed by atoms with van der Waals surface area (Å²) in [6.45, 7) is -0.528. The Labute approximate surface area is 178 Å². The van der Waals surface area contributed by atoms with Crippen molar-refractivity contribution in [3.8, 4) is 0 Å². The third kappa shape index (κ3) is 3.29. The van der Waals surface area contributed by atoms with Crippen LogP contribution in [0.1, 0.15) is 6.23 Å². The van der Waals surface area contributed by atoms with Crippen molar-refractivity contribution in [2.45, 2.75) is 24.5 Å². The molecule has 4 atom stereocenters. The molecule has 13 nitrogen and oxygen atoms in total. The fourth-order valence-corrected chi connectivity index (χ4v) is 3.62. The Hall–Kier alpha value is -3.78. The number of aliphatic hydroxyl groups is 3. The van der Waals surface area contributed by atoms with E-state index >= 15 is 0 Å². The highest BCUT2D eigenvalue weighted by Gasteiger charge is 2.45. The smallest absolute Gasteiger partial charge is 0.280 e. The molecule has 0 spiro atoms. The first kappa shape index (κ1) is 20.1. The molecular formula is C19H18N8O5. The van der Waals surface area contributed by atoms with Crippen LogP contribution < -0.4 is 11.3 Å². The number of nitrogen functional groups attached to an aromatic ring is 1. The maximum Gasteiger partial charge on any atom is 0.280 e. The van der Waals surface area contributed by atoms with Gasteiger partial charge >= 0.3 is 0 Å². The van der Waals surface area contributed by atoms with Gasteiger partial charge in [-0.15, -0.1) is 10.2 Å². The summed E-state index contributed by atoms with van der Waals surface area (Å²) in [6.07, 6.45) is -3.43. The number of ether oxygens (including phenoxy) is 1. The number of fused-ring (bicyclic) bond motifs is 2. The maximum absolute atomic E-state index is 12.3. The minimum Gasteiger partial charge on any atom is -0.394 e. The van der Waals surface area contributed by atoms with E-state index < -0.39 is 36.7 Å². The molecule has 0 bridgehead atoms. The van der Waals surface area contributed by atoms with Crippen molar-refractivity contribution in [2.24, 2.45) is 10.2 Å². The van der Waals surface area contributed by atoms with E-state index in [1.165, 1.54) is 4.57 Å². The molecule has 0 saturated carbocycles. The van der Waals surface area contributed by atoms with Crippen LogP contribution in [0.4, 0.5) is 17.6 Å². The third-order valence-electron chi connectivity index (χ3n) is 5.16. The van der Waals surface area contributed by atoms with Gasteiger partial charge in [0, 0.05) is 11.6 Å². The number of aromatic amines is 1. The van der Waals surface area contributed by atoms with Gasteiger partial charge in [0.25, 0.3) is 11.5 Å². The standard InChI is InChI=1S/C19H18N8O5/c20-18-23-15-12(16(31)24-18)22-19(27(15)17-14(30)13(29)11(7-28)32-17)26-25-9-3-4-10-8(6-9)2-1-5-21-10/h1-6,11,13-14,17,28-30H,7H2,(H3,20,23,24,31)/b26-25+/t11-,13+,14?,17-/m1/s1. The van der Waals surface area contributed by atoms with Crippen molar-refractivity contribution in [1.29, 1.82) is 0 Å². The van der Waals surface area contributed by atoms with E-state index in [-0.39, 0.29) is 23.1 Å². The number of nitrogens with two attached hydrogens (primary N) is 1. The van der Waals surface area contributed by atoms with E-state index in [0.717, 1.165) is 10.9 Å². The molecule has 6 N–H and O–H groups in total. The van der Waals surface area contributed by atoms with Crippen molar-refractivity contribution in [2.75, 3.05) is 12.3 Å². The molecule has 1 aliphatic rings. The topological polar surface area (TPSA) is 197 Å². The molecule has 4 heterocycles. The number of aromatic nitrogens is 5. The van der Waals surface area contributed by atoms with Crippen LogP contribution >= 0.6 is 0 Å². The molecule has 13 heteroatoms. The van der Waals surface area contributed by atoms with Crippen molar-refractivity contribution in [1.82, 2.24) is 24.5 Å². The van der Waals surface area contributed by atoms with Gasteiger partial charge in [0.2, 0.25) is 5.95 Å². The number of pyridine rings is 1. The third-order valence-corrected chi connectivity index (χ3v) is 5.16. The highest BCUT2D eigenvalue weighted by Crippen LogP contribution is 2.35. The van der Waals surface area contributed by atoms with Gasteiger partial charge in [-0.05, 0) is 24.3 Å². The molecule has 1 aliphatic heterocycles. The lowest BCUT2D eigenvalue weighted by Gasteiger charge is -2.17. The minimum absolute atomic E-state index is 0.0160. The first-order chi connectivity index (χ1) is 15.5. The van der Waals surface area contributed by atoms with E-state index in [9.17, 15) is 20.1 Å². The van der Waals surface area contributed by atoms with Crippen molar-refractivity contribution >= 4 is 39.7 Å². The van der Waals surface area contributed by atoms with Crippen LogP contribution in [0, 0.1) is 0 Å². The molecule has 3 aromatic heterocycles. The average Bonchev–Trinajstić information content (AvgIpc) is 3.29. The summed E-state index contributed by atoms with van der Waals surface area (Å²) in [5.41, 5.74) is 6.22. The zero-order valence-electron chi connectivity index (χ0n) is 16.4. The van der Waals surface area contributed by atoms with Crippen LogP contribution in [0.2, 0.25) is 0 Å². The molecule has 1 saturated heterocycles. The molecule has 0 radical (unpaired) electrons. The number of nitrogens with one attached hydrogen (secondary N) is 1. The Bertz CT molecular complexity index is 1400. The second-order valence-corrected chi connectivity index (χ2v) is 7.21. The second-order valence-electron chi connectivity index (χ2n) is 7.21. The Kier molecular flexibility index (Phi) is 4.86. The average molecular weight is 438 g/mol. The lowest BCUT2D eigenvalue weighted by Crippen LogP contribution is -2.33. The van der Waals surface area contributed by atoms with Gasteiger partial charge in [0.1, 0.15) is 18.3 Å². The van der Waals surface area contributed by atoms with Crippen molar-refractivity contribution in [3.63, 3.8) is 0 Å². The van der Waals surface area contributed by atoms with Gasteiger partial charge in [0.15, 0.2) is 17.4 Å². The molecule has 32 heavy (non-hydrogen) atoms. The largest absolute Gasteiger partial charge is 0.394 e. The van der Waals surface area contributed by atoms with E-state index in [1.54, 1.807) is 30.5 Å². The van der Waals surface area contributed by atoms with Crippen LogP contribution in [0.5, 0.6) is 0 Å². The lowest BCUT2D eigenvalue weighted by atomic mass is 10.1. The maximum atomic E-state index is 12.3. The molecule has 0 aliphatic carbocycles. The van der Waals surface area contributed by atoms with Gasteiger partial charge in [-0.3, -0.25) is 19.3 Å². The number of hydrogen-bond acceptors (Lipinski definition) is 11. The molecule has 1 unspecified atom stereocenters. The van der Waals surface area contributed by atoms with Crippen molar-refractivity contribution in [3.05, 3.63) is 46.9 Å². The molecule has 4 aromatic rings. The summed E-state index contributed by atoms with van der Waals surface area (Å²) < 4.78 is 6.81. The van der Waals surface area contributed by atoms with E-state index in [0.29, 0.717) is 5.69 Å². The SMILES string of the molecule is Nc1nc2c(nc(/N=N/c3ccc4ncccc4c3)n2[C@@H]2O[C@H](CO)[C@H](O)C2O)c(=O)[nH]1. The monoisotopic (exact) mass is 438 g/mol. The summed E-state index contributed by atoms with van der Waals surface area (Å²) >= 11 is 0. The summed E-state index contributed by atoms with van der Waals surface area (Å²) in [6, 6.07) is 8.94. The second kappa shape index (κ2) is 7.72. The fourth-order valence-electron chi connectivity index (χ4n) is 3.62. The Morgan fingerprint density at radius 3 is 2.81 bits per heavy atom. The predicted molar refractivity (Wildman–Crippen MR) is 111 cm³/mol. The van der Waals surface area contributed by atoms with Crippen LogP contribution in [-0.4, -0.2) is 64.7 Å². The van der Waals surface area contributed by atoms with Gasteiger partial charge in [-0.25, -0.2) is 4.98 Å². The number of imidazole rings is 1. The number of H-pyrrole nitrogens is 1. The quantitative estimate of drug-likeness (QED) is 0.278. The number of rotatable bonds is 4. The van der Waals surface area contributed by atoms with Crippen molar-refractivity contribution < 1.29 is 20.1 Å². The van der Waals surface area contributed by atoms with E-state index in [4.69, 9.17) is 10.5 Å². The highest BCUT2D eigenvalue weighted by atomic mass is 16.6. The molecule has 5 rings (SSSR count). The zero-order valence-corrected chi connectivity index (χ0v) is 16.4. The first-order valence-corrected chi connectivity index (χ1v) is 9.63. The highest BCUT2D eigenvalue weighted by molar-refractivity contribution is 5.81. The number of anilines is 1. The summed E-state index contributed by atoms with van der Waals surface area (Å²) in [5.74, 6) is -0.286. The van der Waals surface area contributed by atoms with Crippen LogP contribution in [0.3, 0.4) is 0 Å². The Morgan fingerprint density at radius 2 is 2.03 bits per heavy atom. The summed E-state index contributed by atoms with van der Waals surface area (Å²) in [5, 5.41) is 39.3. The first-order valence-electron chi connectivity index (χ1n) is 9.63. The van der Waals surface area contributed by atoms with Gasteiger partial charge in [-0.1, -0.05) is 6.07 Å². The minimum atomic E-state index is -1.45. The molecule has 164 valence electrons. The van der Waals surface area contributed by atoms with Crippen LogP contribution in [0.15, 0.2) is 51.6 Å². The Balaban J connectivity index is 1.63. The molecular weight excluding hydrogens is 420 g/mol. The van der Waals surface area contributed by atoms with Crippen LogP contribution in [-0.2, 0) is 4.74 Å². The summed E-state index contributed by atoms with van der Waals surface area (Å²) in [4.78, 5) is 27.2. The fraction of sp³-hybridized carbons (Fsp3) is 0.263. The number of azo groups is 1. The molecule has 0 amide bonds. The zero-order chi connectivity index (χ0) is 22.4. The number of aliphatic hydroxyl groups excluding tert-OH is 3. The number of nitrogens with zero attached hydrogens (tertiary/aromatic N) is 6. The van der Waals surface area contributed by atoms with Gasteiger partial charge in [-0.2, -0.15) is 4.98 Å². The van der Waals surface area contributed by atoms with E-state index in [2.05, 4.69) is 30.2 Å². The number of hydrogen-bond donors (Lipinski definition) is 5. The lowest BCUT2D eigenvalue weighted by molar-refractivity contribution is -0.0503. The summed E-state index contributed by atoms with van der Waals surface area (Å²) in [7, 11) is 0. The van der Waals surface area contributed by atoms with Gasteiger partial charge < -0.3 is 25.8 Å². The Morgan fingerprint density at radius 1 is 1.19 bits per heavy atom. The van der Waals surface area contributed by atoms with E-state index in [1.807, 2.05) is 6.07 Å². The predicted octanol–water partition coefficient (Wildman–Crippen LogP) is 0.277. The van der Waals surface area contributed by atoms with Crippen LogP contribution in [0.25, 0.3) is 22.1 Å². The molecule has 1 fully saturated rings. The van der Waals surface area contributed by atoms with Gasteiger partial charge in [0.05, 0.1) is 17.8 Å². The normalized spacial score (nSPS) is 23.6. The molecule has 1 aromatic carbocycles. The number of benzene rings is 1.